The van der Waals surface area contributed by atoms with Gasteiger partial charge in [-0.05, 0) is 231 Å². The average molecular weight is 1530 g/mol. The number of rotatable bonds is 9. The zero-order valence-electron chi connectivity index (χ0n) is 66.9. The Balaban J connectivity index is 0.000000108. The molecule has 0 radical (unpaired) electrons. The highest BCUT2D eigenvalue weighted by Gasteiger charge is 2.23. The fraction of sp³-hybridized carbons (Fsp3) is 0.0256. The molecule has 120 heavy (non-hydrogen) atoms. The van der Waals surface area contributed by atoms with Crippen LogP contribution in [0.25, 0.3) is 214 Å². The van der Waals surface area contributed by atoms with Crippen LogP contribution in [0.4, 0.5) is 0 Å². The van der Waals surface area contributed by atoms with Crippen molar-refractivity contribution in [1.82, 2.24) is 13.7 Å². The first-order valence-corrected chi connectivity index (χ1v) is 41.6. The Labute approximate surface area is 697 Å². The van der Waals surface area contributed by atoms with Crippen LogP contribution in [0.1, 0.15) is 16.7 Å². The van der Waals surface area contributed by atoms with Crippen LogP contribution in [0.15, 0.2) is 437 Å². The third-order valence-corrected chi connectivity index (χ3v) is 24.8. The highest BCUT2D eigenvalue weighted by atomic mass is 15.0. The van der Waals surface area contributed by atoms with Gasteiger partial charge in [0, 0.05) is 49.4 Å². The van der Waals surface area contributed by atoms with E-state index < -0.39 is 0 Å². The van der Waals surface area contributed by atoms with Crippen LogP contribution in [0, 0.1) is 20.8 Å². The summed E-state index contributed by atoms with van der Waals surface area (Å²) >= 11 is 0. The smallest absolute Gasteiger partial charge is 0.0541 e. The zero-order valence-corrected chi connectivity index (χ0v) is 66.9. The number of aryl methyl sites for hydroxylation is 3. The van der Waals surface area contributed by atoms with Gasteiger partial charge in [-0.3, -0.25) is 0 Å². The van der Waals surface area contributed by atoms with Crippen LogP contribution in [-0.2, 0) is 0 Å². The Bertz CT molecular complexity index is 7820. The van der Waals surface area contributed by atoms with Crippen molar-refractivity contribution in [2.45, 2.75) is 20.8 Å². The molecular formula is C117H81N3. The van der Waals surface area contributed by atoms with E-state index in [9.17, 15) is 0 Å². The van der Waals surface area contributed by atoms with Gasteiger partial charge in [0.15, 0.2) is 0 Å². The van der Waals surface area contributed by atoms with Crippen molar-refractivity contribution in [2.24, 2.45) is 0 Å². The summed E-state index contributed by atoms with van der Waals surface area (Å²) in [6.45, 7) is 6.52. The lowest BCUT2D eigenvalue weighted by atomic mass is 9.85. The van der Waals surface area contributed by atoms with Crippen LogP contribution in [0.2, 0.25) is 0 Å². The Morgan fingerprint density at radius 3 is 0.600 bits per heavy atom. The number of hydrogen-bond acceptors (Lipinski definition) is 0. The minimum atomic E-state index is 1.17. The van der Waals surface area contributed by atoms with E-state index in [4.69, 9.17) is 0 Å². The normalized spacial score (nSPS) is 11.6. The van der Waals surface area contributed by atoms with Gasteiger partial charge in [-0.25, -0.2) is 0 Å². The van der Waals surface area contributed by atoms with E-state index >= 15 is 0 Å². The molecule has 564 valence electrons. The molecule has 3 nitrogen and oxygen atoms in total. The molecule has 24 rings (SSSR count). The van der Waals surface area contributed by atoms with Gasteiger partial charge in [0.2, 0.25) is 0 Å². The van der Waals surface area contributed by atoms with Gasteiger partial charge < -0.3 is 13.7 Å². The summed E-state index contributed by atoms with van der Waals surface area (Å²) in [6, 6.07) is 159. The largest absolute Gasteiger partial charge is 0.309 e. The molecule has 0 fully saturated rings. The third-order valence-electron chi connectivity index (χ3n) is 24.8. The van der Waals surface area contributed by atoms with Gasteiger partial charge in [-0.1, -0.05) is 375 Å². The van der Waals surface area contributed by atoms with Gasteiger partial charge in [0.05, 0.1) is 33.1 Å². The van der Waals surface area contributed by atoms with Gasteiger partial charge in [0.1, 0.15) is 0 Å². The monoisotopic (exact) mass is 1530 g/mol. The van der Waals surface area contributed by atoms with E-state index in [0.717, 1.165) is 0 Å². The molecule has 3 heterocycles. The Morgan fingerprint density at radius 1 is 0.142 bits per heavy atom. The molecule has 0 N–H and O–H groups in total. The quantitative estimate of drug-likeness (QED) is 0.128. The van der Waals surface area contributed by atoms with E-state index in [2.05, 4.69) is 471 Å². The number of para-hydroxylation sites is 6. The molecule has 0 unspecified atom stereocenters. The molecule has 0 amide bonds. The molecular weight excluding hydrogens is 1450 g/mol. The highest BCUT2D eigenvalue weighted by molar-refractivity contribution is 6.25. The topological polar surface area (TPSA) is 14.8 Å². The van der Waals surface area contributed by atoms with Gasteiger partial charge in [-0.2, -0.15) is 0 Å². The number of benzene rings is 21. The van der Waals surface area contributed by atoms with E-state index in [1.807, 2.05) is 0 Å². The first-order valence-electron chi connectivity index (χ1n) is 41.6. The first kappa shape index (κ1) is 71.1. The molecule has 0 atom stereocenters. The van der Waals surface area contributed by atoms with E-state index in [1.54, 1.807) is 0 Å². The maximum atomic E-state index is 2.38. The van der Waals surface area contributed by atoms with Crippen LogP contribution in [0.5, 0.6) is 0 Å². The first-order chi connectivity index (χ1) is 59.3. The number of nitrogens with zero attached hydrogens (tertiary/aromatic N) is 3. The SMILES string of the molecule is Cc1ccc(-c2c3ccccc3c(-c3ccc(-n4c5ccccc5c5ccccc54)cc3)c3ccccc23)cc1.Cc1cccc(-c2c3ccccc3c(-c3ccc(-n4c5ccccc5c5ccccc54)cc3)c3ccccc23)c1.Cc1ccccc1-c1c2ccccc2c(-c2ccc(-n3c4ccccc4c4ccccc43)cc2)c2ccccc12. The standard InChI is InChI=1S/3C39H27N/c1-26-11-10-12-28(25-26)39-34-17-4-2-15-32(34)38(33-16-3-5-18-35(33)39)27-21-23-29(24-22-27)40-36-19-8-6-13-30(36)31-14-7-9-20-37(31)40;1-26-18-20-27(21-19-26)38-32-12-2-4-14-34(32)39(35-15-5-3-13-33(35)38)28-22-24-29(25-23-28)40-36-16-8-6-10-30(36)31-11-7-9-17-37(31)40;1-26-12-2-3-13-29(26)39-34-18-6-4-16-32(34)38(33-17-5-7-19-35(33)39)27-22-24-28(25-23-27)40-36-20-10-8-14-30(36)31-15-9-11-21-37(31)40/h3*2-25H,1H3. The Hall–Kier alpha value is -15.4. The van der Waals surface area contributed by atoms with Crippen molar-refractivity contribution in [3.63, 3.8) is 0 Å². The van der Waals surface area contributed by atoms with Crippen molar-refractivity contribution in [3.05, 3.63) is 453 Å². The van der Waals surface area contributed by atoms with Crippen molar-refractivity contribution >= 4 is 130 Å². The summed E-state index contributed by atoms with van der Waals surface area (Å²) in [5.41, 5.74) is 30.0. The summed E-state index contributed by atoms with van der Waals surface area (Å²) in [6.07, 6.45) is 0. The maximum absolute atomic E-state index is 2.38. The predicted molar refractivity (Wildman–Crippen MR) is 514 cm³/mol. The Morgan fingerprint density at radius 2 is 0.350 bits per heavy atom. The average Bonchev–Trinajstić information content (AvgIpc) is 1.17. The fourth-order valence-corrected chi connectivity index (χ4v) is 19.5. The minimum Gasteiger partial charge on any atom is -0.309 e. The lowest BCUT2D eigenvalue weighted by molar-refractivity contribution is 1.18. The minimum absolute atomic E-state index is 1.17. The van der Waals surface area contributed by atoms with Crippen molar-refractivity contribution in [2.75, 3.05) is 0 Å². The van der Waals surface area contributed by atoms with Crippen molar-refractivity contribution in [1.29, 1.82) is 0 Å². The lowest BCUT2D eigenvalue weighted by Gasteiger charge is -2.19. The summed E-state index contributed by atoms with van der Waals surface area (Å²) in [7, 11) is 0. The number of aromatic nitrogens is 3. The second-order valence-corrected chi connectivity index (χ2v) is 31.8. The molecule has 0 aliphatic carbocycles. The molecule has 0 bridgehead atoms. The summed E-state index contributed by atoms with van der Waals surface area (Å²) in [5, 5.41) is 23.1. The van der Waals surface area contributed by atoms with Crippen molar-refractivity contribution in [3.8, 4) is 83.8 Å². The van der Waals surface area contributed by atoms with E-state index in [0.29, 0.717) is 0 Å². The molecule has 0 saturated carbocycles. The highest BCUT2D eigenvalue weighted by Crippen LogP contribution is 2.49. The van der Waals surface area contributed by atoms with Crippen LogP contribution in [-0.4, -0.2) is 13.7 Å². The van der Waals surface area contributed by atoms with Gasteiger partial charge in [0.25, 0.3) is 0 Å². The second-order valence-electron chi connectivity index (χ2n) is 31.8. The van der Waals surface area contributed by atoms with Gasteiger partial charge >= 0.3 is 0 Å². The second kappa shape index (κ2) is 29.7. The van der Waals surface area contributed by atoms with Crippen molar-refractivity contribution < 1.29 is 0 Å². The molecule has 0 aliphatic heterocycles. The third kappa shape index (κ3) is 12.0. The molecule has 24 aromatic rings. The van der Waals surface area contributed by atoms with E-state index in [-0.39, 0.29) is 0 Å². The summed E-state index contributed by atoms with van der Waals surface area (Å²) < 4.78 is 7.14. The zero-order chi connectivity index (χ0) is 79.9. The van der Waals surface area contributed by atoms with Crippen LogP contribution < -0.4 is 0 Å². The summed E-state index contributed by atoms with van der Waals surface area (Å²) in [4.78, 5) is 0. The lowest BCUT2D eigenvalue weighted by Crippen LogP contribution is -1.95. The number of hydrogen-bond donors (Lipinski definition) is 0. The van der Waals surface area contributed by atoms with Crippen LogP contribution >= 0.6 is 0 Å². The molecule has 3 aromatic heterocycles. The molecule has 21 aromatic carbocycles. The Kier molecular flexibility index (Phi) is 17.6. The summed E-state index contributed by atoms with van der Waals surface area (Å²) in [5.74, 6) is 0. The van der Waals surface area contributed by atoms with E-state index in [1.165, 1.54) is 231 Å². The van der Waals surface area contributed by atoms with Gasteiger partial charge in [-0.15, -0.1) is 0 Å². The predicted octanol–water partition coefficient (Wildman–Crippen LogP) is 32.2. The fourth-order valence-electron chi connectivity index (χ4n) is 19.5. The molecule has 0 spiro atoms. The number of fused-ring (bicyclic) bond motifs is 15. The molecule has 3 heteroatoms. The van der Waals surface area contributed by atoms with Crippen LogP contribution in [0.3, 0.4) is 0 Å². The molecule has 0 aliphatic rings. The maximum Gasteiger partial charge on any atom is 0.0541 e. The molecule has 0 saturated heterocycles.